The van der Waals surface area contributed by atoms with Crippen LogP contribution < -0.4 is 10.1 Å². The highest BCUT2D eigenvalue weighted by molar-refractivity contribution is 5.96. The lowest BCUT2D eigenvalue weighted by atomic mass is 10.1. The van der Waals surface area contributed by atoms with Crippen LogP contribution in [0.1, 0.15) is 35.3 Å². The minimum atomic E-state index is -0.0771. The highest BCUT2D eigenvalue weighted by atomic mass is 16.5. The van der Waals surface area contributed by atoms with Crippen molar-refractivity contribution in [2.75, 3.05) is 25.0 Å². The number of benzene rings is 2. The molecule has 0 aromatic heterocycles. The summed E-state index contributed by atoms with van der Waals surface area (Å²) >= 11 is 0. The number of nitrogens with zero attached hydrogens (tertiary/aromatic N) is 1. The molecule has 1 aliphatic heterocycles. The Labute approximate surface area is 154 Å². The minimum absolute atomic E-state index is 0.00763. The third-order valence-electron chi connectivity index (χ3n) is 4.58. The molecule has 0 fully saturated rings. The molecule has 26 heavy (non-hydrogen) atoms. The van der Waals surface area contributed by atoms with Gasteiger partial charge < -0.3 is 15.0 Å². The molecule has 0 saturated heterocycles. The Kier molecular flexibility index (Phi) is 5.56. The lowest BCUT2D eigenvalue weighted by molar-refractivity contribution is -0.115. The SMILES string of the molecule is CCN(CC)C(=O)c1ccc(NC(=O)Cc2ccc3c(c2)CCO3)cc1. The molecule has 1 heterocycles. The van der Waals surface area contributed by atoms with Crippen LogP contribution in [0.3, 0.4) is 0 Å². The Morgan fingerprint density at radius 1 is 1.08 bits per heavy atom. The summed E-state index contributed by atoms with van der Waals surface area (Å²) in [5.41, 5.74) is 3.45. The molecule has 0 unspecified atom stereocenters. The van der Waals surface area contributed by atoms with Crippen LogP contribution in [0.25, 0.3) is 0 Å². The van der Waals surface area contributed by atoms with E-state index in [0.717, 1.165) is 23.3 Å². The normalized spacial score (nSPS) is 12.2. The van der Waals surface area contributed by atoms with Crippen molar-refractivity contribution >= 4 is 17.5 Å². The zero-order valence-corrected chi connectivity index (χ0v) is 15.2. The molecule has 0 aliphatic carbocycles. The fourth-order valence-corrected chi connectivity index (χ4v) is 3.13. The van der Waals surface area contributed by atoms with Crippen molar-refractivity contribution in [2.45, 2.75) is 26.7 Å². The molecular weight excluding hydrogens is 328 g/mol. The van der Waals surface area contributed by atoms with Crippen LogP contribution in [-0.4, -0.2) is 36.4 Å². The smallest absolute Gasteiger partial charge is 0.253 e. The Balaban J connectivity index is 1.60. The number of carbonyl (C=O) groups is 2. The van der Waals surface area contributed by atoms with Gasteiger partial charge in [-0.25, -0.2) is 0 Å². The molecule has 2 aromatic rings. The summed E-state index contributed by atoms with van der Waals surface area (Å²) in [7, 11) is 0. The van der Waals surface area contributed by atoms with Gasteiger partial charge in [-0.15, -0.1) is 0 Å². The van der Waals surface area contributed by atoms with Crippen molar-refractivity contribution < 1.29 is 14.3 Å². The number of anilines is 1. The molecule has 2 amide bonds. The predicted octanol–water partition coefficient (Wildman–Crippen LogP) is 3.28. The second-order valence-electron chi connectivity index (χ2n) is 6.32. The van der Waals surface area contributed by atoms with Crippen molar-refractivity contribution in [2.24, 2.45) is 0 Å². The maximum absolute atomic E-state index is 12.3. The van der Waals surface area contributed by atoms with Gasteiger partial charge in [-0.05, 0) is 55.3 Å². The maximum atomic E-state index is 12.3. The third-order valence-corrected chi connectivity index (χ3v) is 4.58. The van der Waals surface area contributed by atoms with Crippen molar-refractivity contribution in [3.63, 3.8) is 0 Å². The number of fused-ring (bicyclic) bond motifs is 1. The van der Waals surface area contributed by atoms with Crippen molar-refractivity contribution in [3.8, 4) is 5.75 Å². The van der Waals surface area contributed by atoms with E-state index in [9.17, 15) is 9.59 Å². The molecule has 0 radical (unpaired) electrons. The van der Waals surface area contributed by atoms with Gasteiger partial charge >= 0.3 is 0 Å². The van der Waals surface area contributed by atoms with Crippen molar-refractivity contribution in [1.29, 1.82) is 0 Å². The summed E-state index contributed by atoms with van der Waals surface area (Å²) in [6.45, 7) is 5.99. The van der Waals surface area contributed by atoms with Crippen LogP contribution in [0.15, 0.2) is 42.5 Å². The second-order valence-corrected chi connectivity index (χ2v) is 6.32. The molecule has 0 spiro atoms. The highest BCUT2D eigenvalue weighted by Gasteiger charge is 2.14. The first-order valence-electron chi connectivity index (χ1n) is 9.04. The first kappa shape index (κ1) is 18.0. The summed E-state index contributed by atoms with van der Waals surface area (Å²) < 4.78 is 5.49. The maximum Gasteiger partial charge on any atom is 0.253 e. The Morgan fingerprint density at radius 2 is 1.81 bits per heavy atom. The van der Waals surface area contributed by atoms with Crippen LogP contribution in [0.5, 0.6) is 5.75 Å². The average Bonchev–Trinajstić information content (AvgIpc) is 3.11. The Morgan fingerprint density at radius 3 is 2.50 bits per heavy atom. The summed E-state index contributed by atoms with van der Waals surface area (Å²) in [4.78, 5) is 26.4. The van der Waals surface area contributed by atoms with Crippen LogP contribution in [0.4, 0.5) is 5.69 Å². The van der Waals surface area contributed by atoms with E-state index in [0.29, 0.717) is 37.4 Å². The molecule has 136 valence electrons. The lowest BCUT2D eigenvalue weighted by Gasteiger charge is -2.18. The van der Waals surface area contributed by atoms with Gasteiger partial charge in [0.25, 0.3) is 5.91 Å². The van der Waals surface area contributed by atoms with Crippen molar-refractivity contribution in [3.05, 3.63) is 59.2 Å². The van der Waals surface area contributed by atoms with Crippen LogP contribution in [0.2, 0.25) is 0 Å². The van der Waals surface area contributed by atoms with Gasteiger partial charge in [-0.1, -0.05) is 12.1 Å². The summed E-state index contributed by atoms with van der Waals surface area (Å²) in [5, 5.41) is 2.89. The fraction of sp³-hybridized carbons (Fsp3) is 0.333. The molecule has 3 rings (SSSR count). The van der Waals surface area contributed by atoms with Gasteiger partial charge in [0.15, 0.2) is 0 Å². The minimum Gasteiger partial charge on any atom is -0.493 e. The number of nitrogens with one attached hydrogen (secondary N) is 1. The van der Waals surface area contributed by atoms with Gasteiger partial charge in [0.1, 0.15) is 5.75 Å². The zero-order chi connectivity index (χ0) is 18.5. The number of hydrogen-bond donors (Lipinski definition) is 1. The molecule has 0 saturated carbocycles. The Hall–Kier alpha value is -2.82. The van der Waals surface area contributed by atoms with E-state index in [1.165, 1.54) is 0 Å². The number of hydrogen-bond acceptors (Lipinski definition) is 3. The standard InChI is InChI=1S/C21H24N2O3/c1-3-23(4-2)21(25)16-6-8-18(9-7-16)22-20(24)14-15-5-10-19-17(13-15)11-12-26-19/h5-10,13H,3-4,11-12,14H2,1-2H3,(H,22,24). The molecule has 0 atom stereocenters. The molecule has 5 nitrogen and oxygen atoms in total. The third kappa shape index (κ3) is 4.04. The van der Waals surface area contributed by atoms with Crippen LogP contribution in [-0.2, 0) is 17.6 Å². The first-order chi connectivity index (χ1) is 12.6. The van der Waals surface area contributed by atoms with Crippen molar-refractivity contribution in [1.82, 2.24) is 4.90 Å². The van der Waals surface area contributed by atoms with E-state index in [-0.39, 0.29) is 11.8 Å². The Bertz CT molecular complexity index is 795. The quantitative estimate of drug-likeness (QED) is 0.868. The number of rotatable bonds is 6. The van der Waals surface area contributed by atoms with Crippen LogP contribution in [0, 0.1) is 0 Å². The van der Waals surface area contributed by atoms with Crippen LogP contribution >= 0.6 is 0 Å². The van der Waals surface area contributed by atoms with E-state index in [1.54, 1.807) is 29.2 Å². The van der Waals surface area contributed by atoms with E-state index in [4.69, 9.17) is 4.74 Å². The van der Waals surface area contributed by atoms with Gasteiger partial charge in [-0.3, -0.25) is 9.59 Å². The van der Waals surface area contributed by atoms with E-state index < -0.39 is 0 Å². The van der Waals surface area contributed by atoms with E-state index >= 15 is 0 Å². The molecule has 0 bridgehead atoms. The van der Waals surface area contributed by atoms with E-state index in [2.05, 4.69) is 5.32 Å². The summed E-state index contributed by atoms with van der Waals surface area (Å²) in [6, 6.07) is 12.9. The van der Waals surface area contributed by atoms with E-state index in [1.807, 2.05) is 32.0 Å². The zero-order valence-electron chi connectivity index (χ0n) is 15.2. The second kappa shape index (κ2) is 8.04. The molecule has 2 aromatic carbocycles. The summed E-state index contributed by atoms with van der Waals surface area (Å²) in [5.74, 6) is 0.850. The topological polar surface area (TPSA) is 58.6 Å². The van der Waals surface area contributed by atoms with Gasteiger partial charge in [0.2, 0.25) is 5.91 Å². The van der Waals surface area contributed by atoms with Gasteiger partial charge in [0.05, 0.1) is 13.0 Å². The number of ether oxygens (including phenoxy) is 1. The average molecular weight is 352 g/mol. The molecule has 1 N–H and O–H groups in total. The highest BCUT2D eigenvalue weighted by Crippen LogP contribution is 2.26. The molecular formula is C21H24N2O3. The monoisotopic (exact) mass is 352 g/mol. The molecule has 5 heteroatoms. The number of amides is 2. The lowest BCUT2D eigenvalue weighted by Crippen LogP contribution is -2.30. The summed E-state index contributed by atoms with van der Waals surface area (Å²) in [6.07, 6.45) is 1.21. The number of carbonyl (C=O) groups excluding carboxylic acids is 2. The van der Waals surface area contributed by atoms with Gasteiger partial charge in [-0.2, -0.15) is 0 Å². The first-order valence-corrected chi connectivity index (χ1v) is 9.04. The largest absolute Gasteiger partial charge is 0.493 e. The predicted molar refractivity (Wildman–Crippen MR) is 102 cm³/mol. The molecule has 1 aliphatic rings. The fourth-order valence-electron chi connectivity index (χ4n) is 3.13. The van der Waals surface area contributed by atoms with Gasteiger partial charge in [0, 0.05) is 30.8 Å².